The maximum Gasteiger partial charge on any atom is 0.243 e. The van der Waals surface area contributed by atoms with Crippen molar-refractivity contribution in [3.8, 4) is 11.3 Å². The third-order valence-corrected chi connectivity index (χ3v) is 10.1. The molecule has 0 unspecified atom stereocenters. The zero-order chi connectivity index (χ0) is 25.4. The van der Waals surface area contributed by atoms with Gasteiger partial charge in [-0.15, -0.1) is 11.3 Å². The summed E-state index contributed by atoms with van der Waals surface area (Å²) in [5, 5.41) is 5.30. The van der Waals surface area contributed by atoms with Crippen molar-refractivity contribution in [2.45, 2.75) is 36.5 Å². The molecule has 0 spiro atoms. The maximum atomic E-state index is 13.0. The molecule has 1 amide bonds. The zero-order valence-electron chi connectivity index (χ0n) is 19.7. The minimum atomic E-state index is -3.77. The second-order valence-electron chi connectivity index (χ2n) is 8.75. The van der Waals surface area contributed by atoms with Crippen molar-refractivity contribution in [3.05, 3.63) is 59.0 Å². The first-order chi connectivity index (χ1) is 16.4. The maximum absolute atomic E-state index is 13.0. The Balaban J connectivity index is 1.37. The number of nitrogens with one attached hydrogen (secondary N) is 1. The number of hydrogen-bond donors (Lipinski definition) is 1. The molecule has 0 bridgehead atoms. The third kappa shape index (κ3) is 5.64. The van der Waals surface area contributed by atoms with Gasteiger partial charge in [0.05, 0.1) is 15.5 Å². The van der Waals surface area contributed by atoms with Crippen LogP contribution in [0.3, 0.4) is 0 Å². The molecule has 0 aliphatic carbocycles. The molecular formula is C24H27N3O5S3. The fourth-order valence-electron chi connectivity index (χ4n) is 3.94. The second-order valence-corrected chi connectivity index (χ2v) is 13.6. The van der Waals surface area contributed by atoms with Gasteiger partial charge in [0.2, 0.25) is 15.9 Å². The molecule has 0 saturated carbocycles. The van der Waals surface area contributed by atoms with Crippen LogP contribution in [0.5, 0.6) is 0 Å². The molecule has 11 heteroatoms. The molecule has 8 nitrogen and oxygen atoms in total. The van der Waals surface area contributed by atoms with E-state index in [0.717, 1.165) is 17.5 Å². The van der Waals surface area contributed by atoms with Crippen molar-refractivity contribution in [2.24, 2.45) is 5.92 Å². The number of anilines is 1. The SMILES string of the molecule is Cc1ccc(-c2csc(NC(=O)C3CCN(S(=O)(=O)c4ccc(S(C)(=O)=O)cc4)CC3)n2)cc1C. The van der Waals surface area contributed by atoms with Crippen LogP contribution in [0, 0.1) is 19.8 Å². The number of nitrogens with zero attached hydrogens (tertiary/aromatic N) is 2. The monoisotopic (exact) mass is 533 g/mol. The van der Waals surface area contributed by atoms with Crippen molar-refractivity contribution in [3.63, 3.8) is 0 Å². The summed E-state index contributed by atoms with van der Waals surface area (Å²) >= 11 is 1.36. The van der Waals surface area contributed by atoms with E-state index in [1.807, 2.05) is 24.4 Å². The number of benzene rings is 2. The summed E-state index contributed by atoms with van der Waals surface area (Å²) in [4.78, 5) is 17.4. The molecule has 186 valence electrons. The average molecular weight is 534 g/mol. The van der Waals surface area contributed by atoms with Gasteiger partial charge in [-0.3, -0.25) is 4.79 Å². The van der Waals surface area contributed by atoms with Crippen molar-refractivity contribution in [1.29, 1.82) is 0 Å². The summed E-state index contributed by atoms with van der Waals surface area (Å²) in [5.41, 5.74) is 4.18. The van der Waals surface area contributed by atoms with E-state index in [1.165, 1.54) is 51.0 Å². The number of carbonyl (C=O) groups is 1. The summed E-state index contributed by atoms with van der Waals surface area (Å²) in [6.07, 6.45) is 1.85. The number of rotatable bonds is 6. The van der Waals surface area contributed by atoms with E-state index in [4.69, 9.17) is 0 Å². The Morgan fingerprint density at radius 2 is 1.60 bits per heavy atom. The molecule has 1 aromatic heterocycles. The van der Waals surface area contributed by atoms with Crippen LogP contribution in [0.25, 0.3) is 11.3 Å². The van der Waals surface area contributed by atoms with Gasteiger partial charge in [-0.05, 0) is 68.1 Å². The summed E-state index contributed by atoms with van der Waals surface area (Å²) < 4.78 is 50.5. The van der Waals surface area contributed by atoms with Crippen LogP contribution in [-0.4, -0.2) is 51.4 Å². The van der Waals surface area contributed by atoms with Crippen LogP contribution >= 0.6 is 11.3 Å². The number of aryl methyl sites for hydroxylation is 2. The van der Waals surface area contributed by atoms with Gasteiger partial charge in [-0.2, -0.15) is 4.31 Å². The second kappa shape index (κ2) is 9.81. The fourth-order valence-corrected chi connectivity index (χ4v) is 6.76. The van der Waals surface area contributed by atoms with Crippen LogP contribution in [-0.2, 0) is 24.7 Å². The number of carbonyl (C=O) groups excluding carboxylic acids is 1. The largest absolute Gasteiger partial charge is 0.302 e. The molecule has 1 fully saturated rings. The van der Waals surface area contributed by atoms with Crippen molar-refractivity contribution < 1.29 is 21.6 Å². The Kier molecular flexibility index (Phi) is 7.14. The van der Waals surface area contributed by atoms with E-state index in [9.17, 15) is 21.6 Å². The summed E-state index contributed by atoms with van der Waals surface area (Å²) in [5.74, 6) is -0.483. The Hall–Kier alpha value is -2.60. The molecule has 1 N–H and O–H groups in total. The summed E-state index contributed by atoms with van der Waals surface area (Å²) in [6, 6.07) is 11.3. The fraction of sp³-hybridized carbons (Fsp3) is 0.333. The van der Waals surface area contributed by atoms with E-state index >= 15 is 0 Å². The predicted octanol–water partition coefficient (Wildman–Crippen LogP) is 3.87. The lowest BCUT2D eigenvalue weighted by atomic mass is 9.97. The lowest BCUT2D eigenvalue weighted by molar-refractivity contribution is -0.120. The lowest BCUT2D eigenvalue weighted by Gasteiger charge is -2.30. The number of hydrogen-bond acceptors (Lipinski definition) is 7. The molecule has 35 heavy (non-hydrogen) atoms. The molecule has 2 aromatic carbocycles. The molecular weight excluding hydrogens is 506 g/mol. The van der Waals surface area contributed by atoms with Crippen LogP contribution in [0.1, 0.15) is 24.0 Å². The van der Waals surface area contributed by atoms with Gasteiger partial charge in [-0.25, -0.2) is 21.8 Å². The van der Waals surface area contributed by atoms with Gasteiger partial charge in [-0.1, -0.05) is 12.1 Å². The molecule has 1 aliphatic heterocycles. The van der Waals surface area contributed by atoms with Gasteiger partial charge in [0.1, 0.15) is 0 Å². The minimum Gasteiger partial charge on any atom is -0.302 e. The Morgan fingerprint density at radius 1 is 0.971 bits per heavy atom. The van der Waals surface area contributed by atoms with E-state index in [0.29, 0.717) is 18.0 Å². The first-order valence-corrected chi connectivity index (χ1v) is 15.3. The van der Waals surface area contributed by atoms with E-state index in [2.05, 4.69) is 23.3 Å². The number of amides is 1. The lowest BCUT2D eigenvalue weighted by Crippen LogP contribution is -2.41. The zero-order valence-corrected chi connectivity index (χ0v) is 22.1. The number of sulfonamides is 1. The van der Waals surface area contributed by atoms with Crippen molar-refractivity contribution in [1.82, 2.24) is 9.29 Å². The van der Waals surface area contributed by atoms with Crippen LogP contribution in [0.2, 0.25) is 0 Å². The number of aromatic nitrogens is 1. The van der Waals surface area contributed by atoms with E-state index < -0.39 is 19.9 Å². The Labute approximate surface area is 210 Å². The molecule has 0 radical (unpaired) electrons. The highest BCUT2D eigenvalue weighted by Gasteiger charge is 2.32. The van der Waals surface area contributed by atoms with Gasteiger partial charge < -0.3 is 5.32 Å². The molecule has 1 aliphatic rings. The average Bonchev–Trinajstić information content (AvgIpc) is 3.29. The third-order valence-electron chi connectivity index (χ3n) is 6.25. The van der Waals surface area contributed by atoms with Gasteiger partial charge in [0, 0.05) is 36.2 Å². The highest BCUT2D eigenvalue weighted by atomic mass is 32.2. The van der Waals surface area contributed by atoms with Crippen LogP contribution in [0.4, 0.5) is 5.13 Å². The van der Waals surface area contributed by atoms with Gasteiger partial charge >= 0.3 is 0 Å². The topological polar surface area (TPSA) is 114 Å². The Bertz CT molecular complexity index is 1450. The van der Waals surface area contributed by atoms with Crippen LogP contribution in [0.15, 0.2) is 57.6 Å². The van der Waals surface area contributed by atoms with Gasteiger partial charge in [0.15, 0.2) is 15.0 Å². The smallest absolute Gasteiger partial charge is 0.243 e. The molecule has 0 atom stereocenters. The normalized spacial score (nSPS) is 15.7. The molecule has 1 saturated heterocycles. The highest BCUT2D eigenvalue weighted by molar-refractivity contribution is 7.90. The van der Waals surface area contributed by atoms with Crippen molar-refractivity contribution in [2.75, 3.05) is 24.7 Å². The predicted molar refractivity (Wildman–Crippen MR) is 137 cm³/mol. The number of piperidine rings is 1. The minimum absolute atomic E-state index is 0.0365. The molecule has 2 heterocycles. The molecule has 4 rings (SSSR count). The van der Waals surface area contributed by atoms with E-state index in [-0.39, 0.29) is 34.7 Å². The standard InChI is InChI=1S/C24H27N3O5S3/c1-16-4-5-19(14-17(16)2)22-15-33-24(25-22)26-23(28)18-10-12-27(13-11-18)35(31,32)21-8-6-20(7-9-21)34(3,29)30/h4-9,14-15,18H,10-13H2,1-3H3,(H,25,26,28). The van der Waals surface area contributed by atoms with Gasteiger partial charge in [0.25, 0.3) is 0 Å². The van der Waals surface area contributed by atoms with Crippen molar-refractivity contribution >= 4 is 42.2 Å². The van der Waals surface area contributed by atoms with Crippen LogP contribution < -0.4 is 5.32 Å². The number of thiazole rings is 1. The first kappa shape index (κ1) is 25.5. The first-order valence-electron chi connectivity index (χ1n) is 11.1. The summed E-state index contributed by atoms with van der Waals surface area (Å²) in [7, 11) is -7.18. The highest BCUT2D eigenvalue weighted by Crippen LogP contribution is 2.29. The number of sulfone groups is 1. The Morgan fingerprint density at radius 3 is 2.20 bits per heavy atom. The van der Waals surface area contributed by atoms with E-state index in [1.54, 1.807) is 0 Å². The molecule has 3 aromatic rings. The summed E-state index contributed by atoms with van der Waals surface area (Å²) in [6.45, 7) is 4.52. The quantitative estimate of drug-likeness (QED) is 0.515.